The van der Waals surface area contributed by atoms with Crippen molar-refractivity contribution in [3.8, 4) is 33.8 Å². The molecule has 60 heavy (non-hydrogen) atoms. The number of hydrogen-bond donors (Lipinski definition) is 0. The molecule has 1 aliphatic carbocycles. The highest BCUT2D eigenvalue weighted by Gasteiger charge is 2.51. The summed E-state index contributed by atoms with van der Waals surface area (Å²) in [5.74, 6) is 1.77. The smallest absolute Gasteiger partial charge is 0.143 e. The number of nitrogens with zero attached hydrogens (tertiary/aromatic N) is 1. The Morgan fingerprint density at radius 2 is 0.950 bits per heavy atom. The van der Waals surface area contributed by atoms with Crippen molar-refractivity contribution in [3.05, 3.63) is 235 Å². The van der Waals surface area contributed by atoms with Crippen molar-refractivity contribution in [2.45, 2.75) is 5.41 Å². The molecule has 11 aromatic rings. The molecule has 1 aromatic heterocycles. The Bertz CT molecular complexity index is 3490. The fraction of sp³-hybridized carbons (Fsp3) is 0.0175. The number of hydrogen-bond acceptors (Lipinski definition) is 3. The molecule has 3 heteroatoms. The lowest BCUT2D eigenvalue weighted by Crippen LogP contribution is -2.32. The van der Waals surface area contributed by atoms with E-state index in [0.29, 0.717) is 0 Å². The third-order valence-electron chi connectivity index (χ3n) is 12.9. The molecule has 0 saturated carbocycles. The predicted octanol–water partition coefficient (Wildman–Crippen LogP) is 15.5. The van der Waals surface area contributed by atoms with Crippen molar-refractivity contribution in [2.24, 2.45) is 0 Å². The first-order valence-corrected chi connectivity index (χ1v) is 20.6. The van der Waals surface area contributed by atoms with Gasteiger partial charge >= 0.3 is 0 Å². The van der Waals surface area contributed by atoms with Crippen LogP contribution in [0.3, 0.4) is 0 Å². The number of benzene rings is 10. The first-order valence-electron chi connectivity index (χ1n) is 20.6. The lowest BCUT2D eigenvalue weighted by atomic mass is 9.66. The molecule has 0 radical (unpaired) electrons. The average molecular weight is 766 g/mol. The molecule has 0 saturated heterocycles. The second kappa shape index (κ2) is 12.6. The lowest BCUT2D eigenvalue weighted by Gasteiger charge is -2.39. The molecule has 2 aliphatic rings. The Balaban J connectivity index is 1.04. The second-order valence-corrected chi connectivity index (χ2v) is 16.0. The van der Waals surface area contributed by atoms with Crippen LogP contribution in [0, 0.1) is 0 Å². The molecular formula is C57H35NO2. The van der Waals surface area contributed by atoms with Gasteiger partial charge in [0.15, 0.2) is 0 Å². The van der Waals surface area contributed by atoms with E-state index in [-0.39, 0.29) is 0 Å². The number of ether oxygens (including phenoxy) is 1. The maximum absolute atomic E-state index is 6.66. The number of para-hydroxylation sites is 3. The first-order chi connectivity index (χ1) is 29.7. The molecule has 10 aromatic carbocycles. The van der Waals surface area contributed by atoms with E-state index >= 15 is 0 Å². The summed E-state index contributed by atoms with van der Waals surface area (Å²) in [5, 5.41) is 6.96. The number of furan rings is 1. The maximum atomic E-state index is 6.66. The zero-order valence-electron chi connectivity index (χ0n) is 32.5. The highest BCUT2D eigenvalue weighted by atomic mass is 16.5. The Morgan fingerprint density at radius 3 is 1.78 bits per heavy atom. The van der Waals surface area contributed by atoms with Crippen molar-refractivity contribution in [3.63, 3.8) is 0 Å². The summed E-state index contributed by atoms with van der Waals surface area (Å²) in [5.41, 5.74) is 14.2. The van der Waals surface area contributed by atoms with Crippen LogP contribution in [-0.4, -0.2) is 0 Å². The van der Waals surface area contributed by atoms with Gasteiger partial charge in [0.05, 0.1) is 5.41 Å². The topological polar surface area (TPSA) is 25.6 Å². The SMILES string of the molecule is c1ccc2c(c1)Oc1ccccc1C21c2ccccc2-c2ccc(N(c3ccc(-c4cccc5ccccc45)cc3)c3ccc4c(ccc5c6ccccc6oc45)c3)cc21. The molecule has 2 heterocycles. The molecule has 0 N–H and O–H groups in total. The van der Waals surface area contributed by atoms with Crippen molar-refractivity contribution in [1.82, 2.24) is 0 Å². The zero-order chi connectivity index (χ0) is 39.4. The third kappa shape index (κ3) is 4.60. The van der Waals surface area contributed by atoms with Crippen LogP contribution in [0.4, 0.5) is 17.1 Å². The number of rotatable bonds is 4. The number of fused-ring (bicyclic) bond motifs is 15. The molecule has 1 spiro atoms. The van der Waals surface area contributed by atoms with Crippen LogP contribution < -0.4 is 9.64 Å². The van der Waals surface area contributed by atoms with Gasteiger partial charge in [-0.2, -0.15) is 0 Å². The molecule has 0 unspecified atom stereocenters. The molecule has 280 valence electrons. The van der Waals surface area contributed by atoms with E-state index in [1.807, 2.05) is 12.1 Å². The van der Waals surface area contributed by atoms with Gasteiger partial charge in [0, 0.05) is 44.3 Å². The minimum atomic E-state index is -0.576. The highest BCUT2D eigenvalue weighted by Crippen LogP contribution is 2.62. The van der Waals surface area contributed by atoms with E-state index in [1.54, 1.807) is 0 Å². The van der Waals surface area contributed by atoms with Crippen molar-refractivity contribution >= 4 is 60.5 Å². The summed E-state index contributed by atoms with van der Waals surface area (Å²) in [6, 6.07) is 76.8. The minimum absolute atomic E-state index is 0.576. The van der Waals surface area contributed by atoms with E-state index in [9.17, 15) is 0 Å². The van der Waals surface area contributed by atoms with Gasteiger partial charge in [-0.1, -0.05) is 146 Å². The molecule has 1 aliphatic heterocycles. The molecule has 0 amide bonds. The van der Waals surface area contributed by atoms with Crippen LogP contribution in [0.25, 0.3) is 65.7 Å². The Labute approximate surface area is 347 Å². The van der Waals surface area contributed by atoms with Crippen LogP contribution in [0.1, 0.15) is 22.3 Å². The standard InChI is InChI=1S/C57H35NO2/c1-2-14-42-36(12-1)13-11-17-43(42)37-24-27-39(28-25-37)58(40-29-32-44-38(34-40)26-31-48-47-16-4-8-21-53(47)60-56(44)48)41-30-33-46-45-15-3-5-18-49(45)57(52(46)35-41)50-19-6-9-22-54(50)59-55-23-10-7-20-51(55)57/h1-35H. The quantitative estimate of drug-likeness (QED) is 0.178. The largest absolute Gasteiger partial charge is 0.457 e. The van der Waals surface area contributed by atoms with E-state index in [2.05, 4.69) is 205 Å². The second-order valence-electron chi connectivity index (χ2n) is 16.0. The van der Waals surface area contributed by atoms with Gasteiger partial charge < -0.3 is 14.1 Å². The van der Waals surface area contributed by atoms with Gasteiger partial charge in [-0.25, -0.2) is 0 Å². The summed E-state index contributed by atoms with van der Waals surface area (Å²) in [6.45, 7) is 0. The van der Waals surface area contributed by atoms with Crippen LogP contribution in [0.5, 0.6) is 11.5 Å². The molecule has 3 nitrogen and oxygen atoms in total. The Hall–Kier alpha value is -7.88. The van der Waals surface area contributed by atoms with E-state index in [0.717, 1.165) is 72.4 Å². The van der Waals surface area contributed by atoms with Gasteiger partial charge in [-0.05, 0) is 116 Å². The summed E-state index contributed by atoms with van der Waals surface area (Å²) in [7, 11) is 0. The zero-order valence-corrected chi connectivity index (χ0v) is 32.5. The van der Waals surface area contributed by atoms with Crippen LogP contribution >= 0.6 is 0 Å². The summed E-state index contributed by atoms with van der Waals surface area (Å²) >= 11 is 0. The van der Waals surface area contributed by atoms with Gasteiger partial charge in [0.2, 0.25) is 0 Å². The van der Waals surface area contributed by atoms with E-state index < -0.39 is 5.41 Å². The Morgan fingerprint density at radius 1 is 0.350 bits per heavy atom. The minimum Gasteiger partial charge on any atom is -0.457 e. The fourth-order valence-electron chi connectivity index (χ4n) is 10.3. The summed E-state index contributed by atoms with van der Waals surface area (Å²) < 4.78 is 13.2. The summed E-state index contributed by atoms with van der Waals surface area (Å²) in [6.07, 6.45) is 0. The van der Waals surface area contributed by atoms with Crippen molar-refractivity contribution in [1.29, 1.82) is 0 Å². The molecule has 0 fully saturated rings. The monoisotopic (exact) mass is 765 g/mol. The Kier molecular flexibility index (Phi) is 6.93. The number of anilines is 3. The first kappa shape index (κ1) is 33.1. The molecule has 0 atom stereocenters. The fourth-order valence-corrected chi connectivity index (χ4v) is 10.3. The third-order valence-corrected chi connectivity index (χ3v) is 12.9. The van der Waals surface area contributed by atoms with E-state index in [4.69, 9.17) is 9.15 Å². The van der Waals surface area contributed by atoms with Crippen molar-refractivity contribution < 1.29 is 9.15 Å². The molecule has 13 rings (SSSR count). The molecule has 0 bridgehead atoms. The maximum Gasteiger partial charge on any atom is 0.143 e. The normalized spacial score (nSPS) is 13.3. The van der Waals surface area contributed by atoms with E-state index in [1.165, 1.54) is 44.2 Å². The highest BCUT2D eigenvalue weighted by molar-refractivity contribution is 6.15. The van der Waals surface area contributed by atoms with Crippen LogP contribution in [0.15, 0.2) is 217 Å². The van der Waals surface area contributed by atoms with Gasteiger partial charge in [0.25, 0.3) is 0 Å². The lowest BCUT2D eigenvalue weighted by molar-refractivity contribution is 0.436. The van der Waals surface area contributed by atoms with Gasteiger partial charge in [-0.3, -0.25) is 0 Å². The summed E-state index contributed by atoms with van der Waals surface area (Å²) in [4.78, 5) is 2.41. The average Bonchev–Trinajstić information content (AvgIpc) is 3.83. The van der Waals surface area contributed by atoms with Crippen molar-refractivity contribution in [2.75, 3.05) is 4.90 Å². The molecular weight excluding hydrogens is 731 g/mol. The van der Waals surface area contributed by atoms with Crippen LogP contribution in [-0.2, 0) is 5.41 Å². The predicted molar refractivity (Wildman–Crippen MR) is 246 cm³/mol. The van der Waals surface area contributed by atoms with Gasteiger partial charge in [-0.15, -0.1) is 0 Å². The van der Waals surface area contributed by atoms with Gasteiger partial charge in [0.1, 0.15) is 22.7 Å². The van der Waals surface area contributed by atoms with Crippen LogP contribution in [0.2, 0.25) is 0 Å².